The number of carboxylic acid groups (broad SMARTS) is 2. The largest absolute Gasteiger partial charge is 0.497 e. The van der Waals surface area contributed by atoms with Crippen LogP contribution in [0, 0.1) is 0 Å². The number of hydrogen-bond acceptors (Lipinski definition) is 6. The van der Waals surface area contributed by atoms with Crippen LogP contribution in [0.4, 0.5) is 0 Å². The van der Waals surface area contributed by atoms with Crippen LogP contribution in [0.25, 0.3) is 0 Å². The van der Waals surface area contributed by atoms with Gasteiger partial charge in [0, 0.05) is 50.4 Å². The van der Waals surface area contributed by atoms with Gasteiger partial charge in [-0.2, -0.15) is 0 Å². The molecule has 0 atom stereocenters. The van der Waals surface area contributed by atoms with Crippen molar-refractivity contribution in [3.63, 3.8) is 0 Å². The molecule has 1 aliphatic carbocycles. The Morgan fingerprint density at radius 2 is 1.49 bits per heavy atom. The molecule has 2 N–H and O–H groups in total. The van der Waals surface area contributed by atoms with Crippen molar-refractivity contribution in [1.82, 2.24) is 9.80 Å². The van der Waals surface area contributed by atoms with Crippen molar-refractivity contribution < 1.29 is 29.3 Å². The number of ether oxygens (including phenoxy) is 2. The number of carbonyl (C=O) groups is 2. The van der Waals surface area contributed by atoms with Crippen LogP contribution in [0.3, 0.4) is 0 Å². The number of benzene rings is 2. The van der Waals surface area contributed by atoms with E-state index >= 15 is 0 Å². The van der Waals surface area contributed by atoms with Gasteiger partial charge in [0.05, 0.1) is 14.2 Å². The Morgan fingerprint density at radius 1 is 0.857 bits per heavy atom. The van der Waals surface area contributed by atoms with Gasteiger partial charge in [0.1, 0.15) is 11.5 Å². The van der Waals surface area contributed by atoms with Gasteiger partial charge in [-0.05, 0) is 43.2 Å². The fourth-order valence-electron chi connectivity index (χ4n) is 5.01. The smallest absolute Gasteiger partial charge is 0.414 e. The first-order valence-corrected chi connectivity index (χ1v) is 12.1. The standard InChI is InChI=1S/C25H34N2O2.C2H2O4/c1-28-24-13-10-22(25(18-24)29-2)19-26-14-16-27(17-15-26)23-11-8-21(9-12-23)20-6-4-3-5-7-20;3-1(4)2(5)6/h3-7,10,13,18,21,23H,8-9,11-12,14-17,19H2,1-2H3;(H,3,4)(H,5,6). The summed E-state index contributed by atoms with van der Waals surface area (Å²) in [5.41, 5.74) is 2.77. The van der Waals surface area contributed by atoms with Crippen molar-refractivity contribution >= 4 is 11.9 Å². The zero-order valence-electron chi connectivity index (χ0n) is 20.6. The zero-order chi connectivity index (χ0) is 25.2. The van der Waals surface area contributed by atoms with E-state index in [0.29, 0.717) is 0 Å². The summed E-state index contributed by atoms with van der Waals surface area (Å²) in [6, 6.07) is 18.0. The van der Waals surface area contributed by atoms with Gasteiger partial charge in [-0.1, -0.05) is 36.4 Å². The Bertz CT molecular complexity index is 939. The van der Waals surface area contributed by atoms with Crippen LogP contribution < -0.4 is 9.47 Å². The normalized spacial score (nSPS) is 20.9. The molecule has 2 aromatic carbocycles. The number of aliphatic carboxylic acids is 2. The lowest BCUT2D eigenvalue weighted by molar-refractivity contribution is -0.159. The van der Waals surface area contributed by atoms with Crippen molar-refractivity contribution in [3.8, 4) is 11.5 Å². The monoisotopic (exact) mass is 484 g/mol. The average Bonchev–Trinajstić information content (AvgIpc) is 2.90. The molecule has 0 spiro atoms. The van der Waals surface area contributed by atoms with E-state index in [1.54, 1.807) is 14.2 Å². The van der Waals surface area contributed by atoms with Crippen molar-refractivity contribution in [2.45, 2.75) is 44.2 Å². The lowest BCUT2D eigenvalue weighted by atomic mass is 9.81. The molecule has 1 aliphatic heterocycles. The van der Waals surface area contributed by atoms with Crippen LogP contribution in [-0.2, 0) is 16.1 Å². The van der Waals surface area contributed by atoms with Crippen molar-refractivity contribution in [2.24, 2.45) is 0 Å². The minimum absolute atomic E-state index is 0.760. The van der Waals surface area contributed by atoms with E-state index in [9.17, 15) is 0 Å². The molecule has 8 nitrogen and oxygen atoms in total. The summed E-state index contributed by atoms with van der Waals surface area (Å²) in [4.78, 5) is 23.5. The Morgan fingerprint density at radius 3 is 2.03 bits per heavy atom. The summed E-state index contributed by atoms with van der Waals surface area (Å²) in [5.74, 6) is -1.12. The van der Waals surface area contributed by atoms with E-state index in [4.69, 9.17) is 29.3 Å². The van der Waals surface area contributed by atoms with Gasteiger partial charge in [0.25, 0.3) is 0 Å². The predicted molar refractivity (Wildman–Crippen MR) is 133 cm³/mol. The lowest BCUT2D eigenvalue weighted by Gasteiger charge is -2.42. The molecule has 1 saturated carbocycles. The van der Waals surface area contributed by atoms with Gasteiger partial charge in [0.2, 0.25) is 0 Å². The van der Waals surface area contributed by atoms with Crippen LogP contribution in [0.2, 0.25) is 0 Å². The van der Waals surface area contributed by atoms with Crippen LogP contribution >= 0.6 is 0 Å². The van der Waals surface area contributed by atoms with Crippen molar-refractivity contribution in [1.29, 1.82) is 0 Å². The highest BCUT2D eigenvalue weighted by Gasteiger charge is 2.29. The summed E-state index contributed by atoms with van der Waals surface area (Å²) in [7, 11) is 3.43. The summed E-state index contributed by atoms with van der Waals surface area (Å²) in [5, 5.41) is 14.8. The third-order valence-electron chi connectivity index (χ3n) is 6.96. The van der Waals surface area contributed by atoms with Gasteiger partial charge in [-0.3, -0.25) is 9.80 Å². The molecule has 1 heterocycles. The maximum Gasteiger partial charge on any atom is 0.414 e. The Labute approximate surface area is 207 Å². The molecule has 2 aromatic rings. The minimum Gasteiger partial charge on any atom is -0.497 e. The molecule has 4 rings (SSSR count). The van der Waals surface area contributed by atoms with Crippen LogP contribution in [-0.4, -0.2) is 78.4 Å². The van der Waals surface area contributed by atoms with Crippen molar-refractivity contribution in [3.05, 3.63) is 59.7 Å². The molecule has 0 aromatic heterocycles. The Hall–Kier alpha value is -3.10. The van der Waals surface area contributed by atoms with E-state index in [2.05, 4.69) is 46.2 Å². The van der Waals surface area contributed by atoms with E-state index in [1.165, 1.54) is 49.9 Å². The second-order valence-electron chi connectivity index (χ2n) is 9.02. The van der Waals surface area contributed by atoms with E-state index in [-0.39, 0.29) is 0 Å². The highest BCUT2D eigenvalue weighted by atomic mass is 16.5. The SMILES string of the molecule is COc1ccc(CN2CCN(C3CCC(c4ccccc4)CC3)CC2)c(OC)c1.O=C(O)C(=O)O. The summed E-state index contributed by atoms with van der Waals surface area (Å²) in [6.45, 7) is 5.57. The summed E-state index contributed by atoms with van der Waals surface area (Å²) in [6.07, 6.45) is 5.34. The number of piperazine rings is 1. The highest BCUT2D eigenvalue weighted by Crippen LogP contribution is 2.35. The maximum absolute atomic E-state index is 9.10. The molecular formula is C27H36N2O6. The molecule has 0 amide bonds. The topological polar surface area (TPSA) is 99.5 Å². The molecule has 190 valence electrons. The second-order valence-corrected chi connectivity index (χ2v) is 9.02. The lowest BCUT2D eigenvalue weighted by Crippen LogP contribution is -2.50. The molecule has 0 radical (unpaired) electrons. The zero-order valence-corrected chi connectivity index (χ0v) is 20.6. The molecular weight excluding hydrogens is 448 g/mol. The minimum atomic E-state index is -1.82. The number of rotatable bonds is 6. The van der Waals surface area contributed by atoms with Crippen LogP contribution in [0.15, 0.2) is 48.5 Å². The van der Waals surface area contributed by atoms with Crippen LogP contribution in [0.5, 0.6) is 11.5 Å². The number of methoxy groups -OCH3 is 2. The summed E-state index contributed by atoms with van der Waals surface area (Å²) >= 11 is 0. The maximum atomic E-state index is 9.10. The fraction of sp³-hybridized carbons (Fsp3) is 0.481. The predicted octanol–water partition coefficient (Wildman–Crippen LogP) is 3.70. The molecule has 35 heavy (non-hydrogen) atoms. The number of carboxylic acids is 2. The van der Waals surface area contributed by atoms with Gasteiger partial charge >= 0.3 is 11.9 Å². The number of hydrogen-bond donors (Lipinski definition) is 2. The quantitative estimate of drug-likeness (QED) is 0.599. The first-order chi connectivity index (χ1) is 16.9. The highest BCUT2D eigenvalue weighted by molar-refractivity contribution is 6.27. The molecule has 0 unspecified atom stereocenters. The Kier molecular flexibility index (Phi) is 9.93. The average molecular weight is 485 g/mol. The first kappa shape index (κ1) is 26.5. The van der Waals surface area contributed by atoms with E-state index in [0.717, 1.165) is 43.1 Å². The van der Waals surface area contributed by atoms with E-state index < -0.39 is 11.9 Å². The molecule has 2 aliphatic rings. The molecule has 1 saturated heterocycles. The third-order valence-corrected chi connectivity index (χ3v) is 6.96. The fourth-order valence-corrected chi connectivity index (χ4v) is 5.01. The number of nitrogens with zero attached hydrogens (tertiary/aromatic N) is 2. The summed E-state index contributed by atoms with van der Waals surface area (Å²) < 4.78 is 10.9. The third kappa shape index (κ3) is 7.70. The van der Waals surface area contributed by atoms with Gasteiger partial charge in [0.15, 0.2) is 0 Å². The van der Waals surface area contributed by atoms with Crippen molar-refractivity contribution in [2.75, 3.05) is 40.4 Å². The first-order valence-electron chi connectivity index (χ1n) is 12.1. The molecule has 8 heteroatoms. The van der Waals surface area contributed by atoms with E-state index in [1.807, 2.05) is 12.1 Å². The van der Waals surface area contributed by atoms with Gasteiger partial charge in [-0.25, -0.2) is 9.59 Å². The van der Waals surface area contributed by atoms with Gasteiger partial charge in [-0.15, -0.1) is 0 Å². The molecule has 2 fully saturated rings. The second kappa shape index (κ2) is 13.1. The Balaban J connectivity index is 0.000000509. The molecule has 0 bridgehead atoms. The van der Waals surface area contributed by atoms with Crippen LogP contribution in [0.1, 0.15) is 42.7 Å². The van der Waals surface area contributed by atoms with Gasteiger partial charge < -0.3 is 19.7 Å².